The molecule has 0 aliphatic heterocycles. The van der Waals surface area contributed by atoms with Crippen LogP contribution in [0.3, 0.4) is 0 Å². The van der Waals surface area contributed by atoms with Crippen molar-refractivity contribution >= 4 is 17.0 Å². The van der Waals surface area contributed by atoms with Crippen LogP contribution in [0.25, 0.3) is 17.0 Å². The quantitative estimate of drug-likeness (QED) is 0.412. The van der Waals surface area contributed by atoms with Crippen molar-refractivity contribution in [2.75, 3.05) is 7.11 Å². The van der Waals surface area contributed by atoms with Gasteiger partial charge in [0.2, 0.25) is 0 Å². The van der Waals surface area contributed by atoms with Crippen LogP contribution in [0.1, 0.15) is 33.6 Å². The Bertz CT molecular complexity index is 1380. The van der Waals surface area contributed by atoms with Gasteiger partial charge in [-0.1, -0.05) is 37.3 Å². The molecular formula is C23H22N6O2S. The zero-order valence-electron chi connectivity index (χ0n) is 17.9. The van der Waals surface area contributed by atoms with Crippen LogP contribution in [0.5, 0.6) is 5.75 Å². The number of aromatic nitrogens is 6. The van der Waals surface area contributed by atoms with E-state index in [2.05, 4.69) is 27.5 Å². The number of imidazole rings is 1. The van der Waals surface area contributed by atoms with Crippen LogP contribution >= 0.6 is 11.3 Å². The van der Waals surface area contributed by atoms with Crippen LogP contribution in [0.4, 0.5) is 0 Å². The van der Waals surface area contributed by atoms with E-state index in [4.69, 9.17) is 9.72 Å². The molecule has 0 fully saturated rings. The van der Waals surface area contributed by atoms with Crippen LogP contribution in [-0.2, 0) is 12.0 Å². The fourth-order valence-electron chi connectivity index (χ4n) is 4.07. The third kappa shape index (κ3) is 3.09. The van der Waals surface area contributed by atoms with E-state index in [-0.39, 0.29) is 0 Å². The van der Waals surface area contributed by atoms with Crippen LogP contribution in [0.15, 0.2) is 54.7 Å². The number of hydrogen-bond donors (Lipinski definition) is 2. The smallest absolute Gasteiger partial charge is 0.184 e. The van der Waals surface area contributed by atoms with E-state index in [0.717, 1.165) is 21.0 Å². The molecule has 2 N–H and O–H groups in total. The predicted molar refractivity (Wildman–Crippen MR) is 122 cm³/mol. The van der Waals surface area contributed by atoms with Gasteiger partial charge in [-0.2, -0.15) is 0 Å². The molecule has 0 bridgehead atoms. The number of pyridine rings is 1. The maximum Gasteiger partial charge on any atom is 0.184 e. The second-order valence-electron chi connectivity index (χ2n) is 7.48. The summed E-state index contributed by atoms with van der Waals surface area (Å²) in [7, 11) is 1.60. The van der Waals surface area contributed by atoms with Crippen molar-refractivity contribution in [3.63, 3.8) is 0 Å². The molecule has 0 spiro atoms. The number of tetrazole rings is 1. The first-order chi connectivity index (χ1) is 15.6. The molecule has 0 radical (unpaired) electrons. The van der Waals surface area contributed by atoms with E-state index in [1.807, 2.05) is 66.1 Å². The number of rotatable bonds is 6. The molecule has 9 heteroatoms. The average molecular weight is 447 g/mol. The van der Waals surface area contributed by atoms with E-state index in [9.17, 15) is 5.11 Å². The predicted octanol–water partition coefficient (Wildman–Crippen LogP) is 3.74. The third-order valence-corrected chi connectivity index (χ3v) is 6.72. The Kier molecular flexibility index (Phi) is 4.99. The van der Waals surface area contributed by atoms with Gasteiger partial charge in [0.05, 0.1) is 12.7 Å². The van der Waals surface area contributed by atoms with E-state index in [1.54, 1.807) is 18.4 Å². The zero-order chi connectivity index (χ0) is 22.3. The Morgan fingerprint density at radius 2 is 2.00 bits per heavy atom. The first kappa shape index (κ1) is 20.3. The van der Waals surface area contributed by atoms with Gasteiger partial charge >= 0.3 is 0 Å². The van der Waals surface area contributed by atoms with Crippen molar-refractivity contribution in [2.45, 2.75) is 25.9 Å². The number of aromatic amines is 1. The molecule has 5 rings (SSSR count). The Hall–Kier alpha value is -3.56. The van der Waals surface area contributed by atoms with Gasteiger partial charge < -0.3 is 14.2 Å². The number of aliphatic hydroxyl groups is 1. The second-order valence-corrected chi connectivity index (χ2v) is 8.77. The van der Waals surface area contributed by atoms with Gasteiger partial charge in [0.15, 0.2) is 11.4 Å². The van der Waals surface area contributed by atoms with E-state index in [0.29, 0.717) is 34.9 Å². The van der Waals surface area contributed by atoms with Crippen LogP contribution < -0.4 is 4.74 Å². The highest BCUT2D eigenvalue weighted by atomic mass is 32.1. The van der Waals surface area contributed by atoms with E-state index >= 15 is 0 Å². The second kappa shape index (κ2) is 7.85. The number of nitrogens with one attached hydrogen (secondary N) is 1. The van der Waals surface area contributed by atoms with Gasteiger partial charge in [-0.15, -0.1) is 16.4 Å². The van der Waals surface area contributed by atoms with Gasteiger partial charge in [0, 0.05) is 27.7 Å². The zero-order valence-corrected chi connectivity index (χ0v) is 18.7. The Labute approximate surface area is 188 Å². The lowest BCUT2D eigenvalue weighted by atomic mass is 9.87. The lowest BCUT2D eigenvalue weighted by Crippen LogP contribution is -2.29. The molecule has 1 atom stereocenters. The molecule has 4 heterocycles. The minimum Gasteiger partial charge on any atom is -0.496 e. The van der Waals surface area contributed by atoms with Crippen molar-refractivity contribution in [2.24, 2.45) is 0 Å². The minimum atomic E-state index is -1.39. The van der Waals surface area contributed by atoms with Gasteiger partial charge in [-0.25, -0.2) is 10.1 Å². The number of nitrogens with zero attached hydrogens (tertiary/aromatic N) is 5. The third-order valence-electron chi connectivity index (χ3n) is 5.61. The number of benzene rings is 1. The molecule has 0 aliphatic carbocycles. The summed E-state index contributed by atoms with van der Waals surface area (Å²) < 4.78 is 7.57. The van der Waals surface area contributed by atoms with Crippen molar-refractivity contribution in [3.05, 3.63) is 81.4 Å². The standard InChI is InChI=1S/C23H22N6O2S/c1-4-17-21(23(30,15-8-6-5-7-9-15)19-11-10-14(2)32-19)24-20-12-18(31-3)16(13-29(17)20)22-25-27-28-26-22/h5-13,30H,4H2,1-3H3,(H,25,26,27,28). The Morgan fingerprint density at radius 3 is 2.62 bits per heavy atom. The molecule has 1 unspecified atom stereocenters. The van der Waals surface area contributed by atoms with Crippen LogP contribution in [0, 0.1) is 6.92 Å². The van der Waals surface area contributed by atoms with Gasteiger partial charge in [-0.05, 0) is 41.5 Å². The number of ether oxygens (including phenoxy) is 1. The number of hydrogen-bond acceptors (Lipinski definition) is 7. The summed E-state index contributed by atoms with van der Waals surface area (Å²) in [6.45, 7) is 4.09. The first-order valence-corrected chi connectivity index (χ1v) is 11.1. The van der Waals surface area contributed by atoms with Gasteiger partial charge in [-0.3, -0.25) is 0 Å². The molecule has 1 aromatic carbocycles. The fraction of sp³-hybridized carbons (Fsp3) is 0.217. The maximum atomic E-state index is 12.3. The molecule has 5 aromatic rings. The average Bonchev–Trinajstić information content (AvgIpc) is 3.57. The number of H-pyrrole nitrogens is 1. The summed E-state index contributed by atoms with van der Waals surface area (Å²) >= 11 is 1.57. The highest BCUT2D eigenvalue weighted by Gasteiger charge is 2.40. The molecule has 32 heavy (non-hydrogen) atoms. The maximum absolute atomic E-state index is 12.3. The molecule has 0 aliphatic rings. The monoisotopic (exact) mass is 446 g/mol. The van der Waals surface area contributed by atoms with E-state index in [1.165, 1.54) is 0 Å². The molecule has 0 saturated heterocycles. The summed E-state index contributed by atoms with van der Waals surface area (Å²) in [5.74, 6) is 1.08. The van der Waals surface area contributed by atoms with Crippen molar-refractivity contribution in [1.29, 1.82) is 0 Å². The molecule has 0 saturated carbocycles. The normalized spacial score (nSPS) is 13.4. The summed E-state index contributed by atoms with van der Waals surface area (Å²) in [4.78, 5) is 6.87. The molecule has 4 aromatic heterocycles. The lowest BCUT2D eigenvalue weighted by molar-refractivity contribution is 0.124. The number of thiophene rings is 1. The molecule has 162 valence electrons. The SMILES string of the molecule is CCc1c(C(O)(c2ccccc2)c2ccc(C)s2)nc2cc(OC)c(-c3nnn[nH]3)cn12. The number of fused-ring (bicyclic) bond motifs is 1. The van der Waals surface area contributed by atoms with Gasteiger partial charge in [0.1, 0.15) is 17.1 Å². The minimum absolute atomic E-state index is 0.494. The first-order valence-electron chi connectivity index (χ1n) is 10.2. The summed E-state index contributed by atoms with van der Waals surface area (Å²) in [5, 5.41) is 26.5. The molecular weight excluding hydrogens is 424 g/mol. The highest BCUT2D eigenvalue weighted by molar-refractivity contribution is 7.12. The molecule has 8 nitrogen and oxygen atoms in total. The van der Waals surface area contributed by atoms with Crippen molar-refractivity contribution < 1.29 is 9.84 Å². The number of aryl methyl sites for hydroxylation is 2. The Balaban J connectivity index is 1.82. The Morgan fingerprint density at radius 1 is 1.19 bits per heavy atom. The summed E-state index contributed by atoms with van der Waals surface area (Å²) in [6.07, 6.45) is 2.56. The van der Waals surface area contributed by atoms with E-state index < -0.39 is 5.60 Å². The van der Waals surface area contributed by atoms with Crippen LogP contribution in [0.2, 0.25) is 0 Å². The van der Waals surface area contributed by atoms with Crippen molar-refractivity contribution in [3.8, 4) is 17.1 Å². The molecule has 0 amide bonds. The van der Waals surface area contributed by atoms with Crippen molar-refractivity contribution in [1.82, 2.24) is 30.0 Å². The topological polar surface area (TPSA) is 101 Å². The number of methoxy groups -OCH3 is 1. The lowest BCUT2D eigenvalue weighted by Gasteiger charge is -2.27. The largest absolute Gasteiger partial charge is 0.496 e. The highest BCUT2D eigenvalue weighted by Crippen LogP contribution is 2.42. The van der Waals surface area contributed by atoms with Crippen LogP contribution in [-0.4, -0.2) is 42.2 Å². The summed E-state index contributed by atoms with van der Waals surface area (Å²) in [5.41, 5.74) is 2.26. The van der Waals surface area contributed by atoms with Gasteiger partial charge in [0.25, 0.3) is 0 Å². The fourth-order valence-corrected chi connectivity index (χ4v) is 5.05. The summed E-state index contributed by atoms with van der Waals surface area (Å²) in [6, 6.07) is 15.5.